The molecule has 0 bridgehead atoms. The Kier molecular flexibility index (Phi) is 5.11. The molecule has 1 aromatic heterocycles. The summed E-state index contributed by atoms with van der Waals surface area (Å²) in [5.74, 6) is 0. The minimum Gasteiger partial charge on any atom is -0.297 e. The fourth-order valence-corrected chi connectivity index (χ4v) is 3.74. The predicted octanol–water partition coefficient (Wildman–Crippen LogP) is 4.32. The highest BCUT2D eigenvalue weighted by molar-refractivity contribution is 9.10. The first-order valence-electron chi connectivity index (χ1n) is 8.80. The van der Waals surface area contributed by atoms with E-state index in [0.717, 1.165) is 43.7 Å². The van der Waals surface area contributed by atoms with E-state index < -0.39 is 0 Å². The first-order chi connectivity index (χ1) is 12.3. The summed E-state index contributed by atoms with van der Waals surface area (Å²) in [4.78, 5) is 9.69. The fourth-order valence-electron chi connectivity index (χ4n) is 3.47. The van der Waals surface area contributed by atoms with Gasteiger partial charge in [0.2, 0.25) is 0 Å². The summed E-state index contributed by atoms with van der Waals surface area (Å²) in [6.45, 7) is 6.39. The Morgan fingerprint density at radius 2 is 1.48 bits per heavy atom. The van der Waals surface area contributed by atoms with E-state index in [2.05, 4.69) is 85.3 Å². The second-order valence-corrected chi connectivity index (χ2v) is 7.57. The van der Waals surface area contributed by atoms with Crippen LogP contribution < -0.4 is 0 Å². The molecule has 25 heavy (non-hydrogen) atoms. The average Bonchev–Trinajstić information content (AvgIpc) is 2.65. The summed E-state index contributed by atoms with van der Waals surface area (Å²) in [7, 11) is 0. The molecule has 4 heteroatoms. The van der Waals surface area contributed by atoms with Gasteiger partial charge in [-0.2, -0.15) is 0 Å². The smallest absolute Gasteiger partial charge is 0.0622 e. The maximum absolute atomic E-state index is 4.64. The molecule has 0 unspecified atom stereocenters. The minimum atomic E-state index is 0.938. The van der Waals surface area contributed by atoms with E-state index in [1.165, 1.54) is 22.0 Å². The summed E-state index contributed by atoms with van der Waals surface area (Å²) < 4.78 is 1.14. The summed E-state index contributed by atoms with van der Waals surface area (Å²) in [5, 5.41) is 2.56. The number of halogens is 1. The largest absolute Gasteiger partial charge is 0.297 e. The minimum absolute atomic E-state index is 0.938. The van der Waals surface area contributed by atoms with Crippen molar-refractivity contribution in [3.8, 4) is 0 Å². The third kappa shape index (κ3) is 4.09. The summed E-state index contributed by atoms with van der Waals surface area (Å²) in [6.07, 6.45) is 1.93. The Labute approximate surface area is 157 Å². The van der Waals surface area contributed by atoms with Crippen molar-refractivity contribution in [1.82, 2.24) is 14.8 Å². The van der Waals surface area contributed by atoms with E-state index in [0.29, 0.717) is 0 Å². The molecular weight excluding hydrogens is 374 g/mol. The number of nitrogens with zero attached hydrogens (tertiary/aromatic N) is 3. The molecule has 0 spiro atoms. The molecule has 128 valence electrons. The van der Waals surface area contributed by atoms with Crippen LogP contribution in [0.1, 0.15) is 11.3 Å². The Bertz CT molecular complexity index is 834. The van der Waals surface area contributed by atoms with Crippen molar-refractivity contribution in [2.75, 3.05) is 26.2 Å². The third-order valence-electron chi connectivity index (χ3n) is 4.91. The Morgan fingerprint density at radius 1 is 0.800 bits per heavy atom. The lowest BCUT2D eigenvalue weighted by Gasteiger charge is -2.34. The van der Waals surface area contributed by atoms with E-state index >= 15 is 0 Å². The molecule has 0 atom stereocenters. The number of fused-ring (bicyclic) bond motifs is 1. The van der Waals surface area contributed by atoms with Gasteiger partial charge < -0.3 is 0 Å². The zero-order valence-corrected chi connectivity index (χ0v) is 15.8. The second kappa shape index (κ2) is 7.65. The number of hydrogen-bond acceptors (Lipinski definition) is 3. The topological polar surface area (TPSA) is 19.4 Å². The van der Waals surface area contributed by atoms with Crippen LogP contribution in [0.2, 0.25) is 0 Å². The number of piperazine rings is 1. The van der Waals surface area contributed by atoms with Gasteiger partial charge in [-0.3, -0.25) is 14.8 Å². The van der Waals surface area contributed by atoms with Crippen LogP contribution >= 0.6 is 15.9 Å². The van der Waals surface area contributed by atoms with Crippen molar-refractivity contribution >= 4 is 26.7 Å². The van der Waals surface area contributed by atoms with Crippen molar-refractivity contribution in [3.05, 3.63) is 76.5 Å². The molecule has 0 saturated carbocycles. The van der Waals surface area contributed by atoms with Gasteiger partial charge in [-0.05, 0) is 29.1 Å². The maximum atomic E-state index is 4.64. The molecule has 4 rings (SSSR count). The van der Waals surface area contributed by atoms with E-state index in [9.17, 15) is 0 Å². The lowest BCUT2D eigenvalue weighted by Crippen LogP contribution is -2.45. The number of pyridine rings is 1. The Balaban J connectivity index is 1.36. The quantitative estimate of drug-likeness (QED) is 0.655. The average molecular weight is 396 g/mol. The molecule has 1 fully saturated rings. The zero-order valence-electron chi connectivity index (χ0n) is 14.2. The van der Waals surface area contributed by atoms with E-state index in [-0.39, 0.29) is 0 Å². The monoisotopic (exact) mass is 395 g/mol. The lowest BCUT2D eigenvalue weighted by atomic mass is 10.1. The molecule has 1 aliphatic rings. The highest BCUT2D eigenvalue weighted by Gasteiger charge is 2.18. The van der Waals surface area contributed by atoms with Crippen LogP contribution in [0, 0.1) is 0 Å². The van der Waals surface area contributed by atoms with Gasteiger partial charge in [0.25, 0.3) is 0 Å². The third-order valence-corrected chi connectivity index (χ3v) is 5.44. The summed E-state index contributed by atoms with van der Waals surface area (Å²) >= 11 is 3.50. The predicted molar refractivity (Wildman–Crippen MR) is 106 cm³/mol. The van der Waals surface area contributed by atoms with Gasteiger partial charge in [0.1, 0.15) is 0 Å². The summed E-state index contributed by atoms with van der Waals surface area (Å²) in [5.41, 5.74) is 2.58. The van der Waals surface area contributed by atoms with Gasteiger partial charge >= 0.3 is 0 Å². The van der Waals surface area contributed by atoms with Crippen LogP contribution in [0.3, 0.4) is 0 Å². The Morgan fingerprint density at radius 3 is 2.24 bits per heavy atom. The van der Waals surface area contributed by atoms with Gasteiger partial charge in [0.15, 0.2) is 0 Å². The second-order valence-electron chi connectivity index (χ2n) is 6.66. The van der Waals surface area contributed by atoms with E-state index in [1.807, 2.05) is 6.20 Å². The Hall–Kier alpha value is -1.75. The van der Waals surface area contributed by atoms with Gasteiger partial charge in [0, 0.05) is 55.3 Å². The molecule has 3 nitrogen and oxygen atoms in total. The van der Waals surface area contributed by atoms with Crippen LogP contribution in [-0.4, -0.2) is 41.0 Å². The standard InChI is InChI=1S/C21H22BrN3/c22-19-7-5-17(6-8-19)15-24-11-13-25(14-12-24)16-21-20-4-2-1-3-18(20)9-10-23-21/h1-10H,11-16H2. The molecule has 2 heterocycles. The molecule has 0 aliphatic carbocycles. The van der Waals surface area contributed by atoms with Crippen molar-refractivity contribution in [1.29, 1.82) is 0 Å². The highest BCUT2D eigenvalue weighted by atomic mass is 79.9. The van der Waals surface area contributed by atoms with E-state index in [4.69, 9.17) is 0 Å². The van der Waals surface area contributed by atoms with Gasteiger partial charge in [-0.1, -0.05) is 52.3 Å². The van der Waals surface area contributed by atoms with Crippen molar-refractivity contribution in [3.63, 3.8) is 0 Å². The van der Waals surface area contributed by atoms with Crippen LogP contribution in [0.15, 0.2) is 65.3 Å². The first-order valence-corrected chi connectivity index (χ1v) is 9.59. The van der Waals surface area contributed by atoms with Crippen LogP contribution in [0.5, 0.6) is 0 Å². The molecule has 1 saturated heterocycles. The molecule has 1 aliphatic heterocycles. The van der Waals surface area contributed by atoms with Crippen LogP contribution in [-0.2, 0) is 13.1 Å². The van der Waals surface area contributed by atoms with Crippen LogP contribution in [0.4, 0.5) is 0 Å². The number of rotatable bonds is 4. The SMILES string of the molecule is Brc1ccc(CN2CCN(Cc3nccc4ccccc34)CC2)cc1. The van der Waals surface area contributed by atoms with Crippen molar-refractivity contribution in [2.24, 2.45) is 0 Å². The molecule has 2 aromatic carbocycles. The molecule has 3 aromatic rings. The van der Waals surface area contributed by atoms with Gasteiger partial charge in [-0.15, -0.1) is 0 Å². The highest BCUT2D eigenvalue weighted by Crippen LogP contribution is 2.19. The van der Waals surface area contributed by atoms with Gasteiger partial charge in [-0.25, -0.2) is 0 Å². The normalized spacial score (nSPS) is 16.4. The molecule has 0 amide bonds. The number of aromatic nitrogens is 1. The number of hydrogen-bond donors (Lipinski definition) is 0. The fraction of sp³-hybridized carbons (Fsp3) is 0.286. The maximum Gasteiger partial charge on any atom is 0.0622 e. The lowest BCUT2D eigenvalue weighted by molar-refractivity contribution is 0.121. The summed E-state index contributed by atoms with van der Waals surface area (Å²) in [6, 6.07) is 19.3. The van der Waals surface area contributed by atoms with E-state index in [1.54, 1.807) is 0 Å². The van der Waals surface area contributed by atoms with Crippen molar-refractivity contribution in [2.45, 2.75) is 13.1 Å². The van der Waals surface area contributed by atoms with Gasteiger partial charge in [0.05, 0.1) is 5.69 Å². The first kappa shape index (κ1) is 16.7. The van der Waals surface area contributed by atoms with Crippen molar-refractivity contribution < 1.29 is 0 Å². The number of benzene rings is 2. The van der Waals surface area contributed by atoms with Crippen LogP contribution in [0.25, 0.3) is 10.8 Å². The molecule has 0 radical (unpaired) electrons. The zero-order chi connectivity index (χ0) is 17.1. The molecule has 0 N–H and O–H groups in total. The molecular formula is C21H22BrN3.